The molecule has 11 aromatic rings. The van der Waals surface area contributed by atoms with Gasteiger partial charge in [0.1, 0.15) is 28.4 Å². The Hall–Kier alpha value is -9.12. The maximum Gasteiger partial charge on any atom is 0.160 e. The van der Waals surface area contributed by atoms with Crippen LogP contribution < -0.4 is 4.74 Å². The summed E-state index contributed by atoms with van der Waals surface area (Å²) in [6.45, 7) is 13.9. The number of para-hydroxylation sites is 3. The summed E-state index contributed by atoms with van der Waals surface area (Å²) < 4.78 is 13.1. The van der Waals surface area contributed by atoms with E-state index in [1.54, 1.807) is 6.08 Å². The molecule has 0 saturated heterocycles. The summed E-state index contributed by atoms with van der Waals surface area (Å²) >= 11 is 0. The zero-order chi connectivity index (χ0) is 49.4. The SMILES string of the molecule is C=C1Oc2ccccc2C/C=C\c2c1nc(-c1cccc(-c3cccc(-c4cc(-c5ccccc5)cc(-c5ccccc5)c4)c3)c1)nc2-c1cccc2c1oc1ccccc12.C=CC.Cc1ccccc1C. The Bertz CT molecular complexity index is 3690. The van der Waals surface area contributed by atoms with E-state index in [-0.39, 0.29) is 0 Å². The Morgan fingerprint density at radius 2 is 0.944 bits per heavy atom. The van der Waals surface area contributed by atoms with Gasteiger partial charge in [-0.2, -0.15) is 0 Å². The molecule has 72 heavy (non-hydrogen) atoms. The smallest absolute Gasteiger partial charge is 0.160 e. The molecule has 0 saturated carbocycles. The molecule has 0 N–H and O–H groups in total. The molecule has 0 atom stereocenters. The van der Waals surface area contributed by atoms with E-state index in [4.69, 9.17) is 19.1 Å². The highest BCUT2D eigenvalue weighted by Crippen LogP contribution is 2.41. The second-order valence-electron chi connectivity index (χ2n) is 17.9. The van der Waals surface area contributed by atoms with Crippen molar-refractivity contribution in [2.24, 2.45) is 0 Å². The van der Waals surface area contributed by atoms with E-state index in [0.717, 1.165) is 77.9 Å². The van der Waals surface area contributed by atoms with Crippen LogP contribution in [-0.2, 0) is 6.42 Å². The molecule has 0 amide bonds. The zero-order valence-corrected chi connectivity index (χ0v) is 40.8. The predicted octanol–water partition coefficient (Wildman–Crippen LogP) is 18.5. The quantitative estimate of drug-likeness (QED) is 0.156. The number of nitrogens with zero attached hydrogens (tertiary/aromatic N) is 2. The minimum absolute atomic E-state index is 0.451. The van der Waals surface area contributed by atoms with Gasteiger partial charge < -0.3 is 9.15 Å². The van der Waals surface area contributed by atoms with Gasteiger partial charge in [-0.3, -0.25) is 0 Å². The van der Waals surface area contributed by atoms with Crippen LogP contribution in [0, 0.1) is 13.8 Å². The van der Waals surface area contributed by atoms with E-state index in [0.29, 0.717) is 23.7 Å². The number of benzene rings is 9. The fourth-order valence-corrected chi connectivity index (χ4v) is 9.13. The number of fused-ring (bicyclic) bond motifs is 5. The van der Waals surface area contributed by atoms with Gasteiger partial charge in [-0.1, -0.05) is 195 Å². The van der Waals surface area contributed by atoms with Gasteiger partial charge >= 0.3 is 0 Å². The molecule has 4 nitrogen and oxygen atoms in total. The molecule has 3 heterocycles. The molecule has 0 fully saturated rings. The summed E-state index contributed by atoms with van der Waals surface area (Å²) in [5.41, 5.74) is 18.5. The normalized spacial score (nSPS) is 12.1. The van der Waals surface area contributed by atoms with Crippen molar-refractivity contribution < 1.29 is 9.15 Å². The minimum atomic E-state index is 0.451. The third kappa shape index (κ3) is 9.98. The maximum absolute atomic E-state index is 6.58. The molecule has 2 aromatic heterocycles. The van der Waals surface area contributed by atoms with E-state index < -0.39 is 0 Å². The standard InChI is InChI=1S/C57H38N2O2.C8H10.C3H6/c1-37-54-50(28-14-21-40-20-8-10-30-52(40)60-37)55(51-29-15-27-49-48-26-9-11-31-53(48)61-56(49)51)59-57(58-54)44-25-13-23-42(33-44)41-22-12-24-43(32-41)47-35-45(38-16-4-2-5-17-38)34-46(36-47)39-18-6-3-7-19-39;1-7-5-3-4-6-8(7)2;1-3-2/h2-20,22-36H,1,21H2;3-6H,1-2H3;3H,1H2,2H3/b28-14-;;. The minimum Gasteiger partial charge on any atom is -0.455 e. The number of furan rings is 1. The summed E-state index contributed by atoms with van der Waals surface area (Å²) in [7, 11) is 0. The topological polar surface area (TPSA) is 48.2 Å². The lowest BCUT2D eigenvalue weighted by Gasteiger charge is -2.16. The second kappa shape index (κ2) is 21.3. The van der Waals surface area contributed by atoms with Crippen molar-refractivity contribution in [1.82, 2.24) is 9.97 Å². The van der Waals surface area contributed by atoms with Crippen LogP contribution in [-0.4, -0.2) is 9.97 Å². The maximum atomic E-state index is 6.58. The van der Waals surface area contributed by atoms with Crippen LogP contribution in [0.5, 0.6) is 5.75 Å². The van der Waals surface area contributed by atoms with Crippen LogP contribution in [0.2, 0.25) is 0 Å². The van der Waals surface area contributed by atoms with Gasteiger partial charge in [-0.05, 0) is 137 Å². The number of rotatable bonds is 6. The molecule has 0 aliphatic carbocycles. The molecule has 0 radical (unpaired) electrons. The number of aryl methyl sites for hydroxylation is 2. The Morgan fingerprint density at radius 1 is 0.472 bits per heavy atom. The second-order valence-corrected chi connectivity index (χ2v) is 17.9. The van der Waals surface area contributed by atoms with E-state index in [9.17, 15) is 0 Å². The van der Waals surface area contributed by atoms with E-state index in [1.807, 2.05) is 43.3 Å². The first kappa shape index (κ1) is 46.6. The molecule has 12 rings (SSSR count). The fourth-order valence-electron chi connectivity index (χ4n) is 9.13. The van der Waals surface area contributed by atoms with E-state index in [2.05, 4.69) is 221 Å². The molecule has 0 spiro atoms. The predicted molar refractivity (Wildman–Crippen MR) is 303 cm³/mol. The summed E-state index contributed by atoms with van der Waals surface area (Å²) in [5.74, 6) is 1.78. The Morgan fingerprint density at radius 3 is 1.60 bits per heavy atom. The van der Waals surface area contributed by atoms with Gasteiger partial charge in [0.2, 0.25) is 0 Å². The summed E-state index contributed by atoms with van der Waals surface area (Å²) in [6.07, 6.45) is 6.69. The first-order chi connectivity index (χ1) is 35.3. The number of aromatic nitrogens is 2. The Labute approximate surface area is 422 Å². The number of ether oxygens (including phenoxy) is 1. The van der Waals surface area contributed by atoms with Crippen LogP contribution in [0.25, 0.3) is 101 Å². The van der Waals surface area contributed by atoms with Gasteiger partial charge in [0.25, 0.3) is 0 Å². The van der Waals surface area contributed by atoms with Gasteiger partial charge in [-0.25, -0.2) is 9.97 Å². The Balaban J connectivity index is 0.000000487. The number of allylic oxidation sites excluding steroid dienone is 2. The number of hydrogen-bond donors (Lipinski definition) is 0. The molecule has 4 heteroatoms. The highest BCUT2D eigenvalue weighted by atomic mass is 16.5. The lowest BCUT2D eigenvalue weighted by atomic mass is 9.92. The third-order valence-electron chi connectivity index (χ3n) is 12.9. The van der Waals surface area contributed by atoms with Gasteiger partial charge in [0.15, 0.2) is 5.82 Å². The molecule has 9 aromatic carbocycles. The average Bonchev–Trinajstić information content (AvgIpc) is 3.84. The van der Waals surface area contributed by atoms with Crippen LogP contribution in [0.15, 0.2) is 248 Å². The van der Waals surface area contributed by atoms with Crippen molar-refractivity contribution in [3.05, 3.63) is 272 Å². The molecule has 1 aliphatic heterocycles. The molecule has 0 unspecified atom stereocenters. The molecule has 1 aliphatic rings. The third-order valence-corrected chi connectivity index (χ3v) is 12.9. The highest BCUT2D eigenvalue weighted by molar-refractivity contribution is 6.10. The average molecular weight is 931 g/mol. The van der Waals surface area contributed by atoms with Crippen LogP contribution in [0.3, 0.4) is 0 Å². The molecule has 348 valence electrons. The summed E-state index contributed by atoms with van der Waals surface area (Å²) in [5, 5.41) is 2.09. The van der Waals surface area contributed by atoms with Gasteiger partial charge in [-0.15, -0.1) is 6.58 Å². The van der Waals surface area contributed by atoms with Crippen LogP contribution in [0.1, 0.15) is 34.9 Å². The van der Waals surface area contributed by atoms with E-state index >= 15 is 0 Å². The highest BCUT2D eigenvalue weighted by Gasteiger charge is 2.23. The van der Waals surface area contributed by atoms with Crippen molar-refractivity contribution in [1.29, 1.82) is 0 Å². The van der Waals surface area contributed by atoms with Crippen molar-refractivity contribution >= 4 is 33.8 Å². The van der Waals surface area contributed by atoms with Crippen molar-refractivity contribution in [3.63, 3.8) is 0 Å². The summed E-state index contributed by atoms with van der Waals surface area (Å²) in [4.78, 5) is 10.6. The summed E-state index contributed by atoms with van der Waals surface area (Å²) in [6, 6.07) is 76.1. The fraction of sp³-hybridized carbons (Fsp3) is 0.0588. The largest absolute Gasteiger partial charge is 0.455 e. The first-order valence-electron chi connectivity index (χ1n) is 24.4. The van der Waals surface area contributed by atoms with Crippen molar-refractivity contribution in [2.45, 2.75) is 27.2 Å². The first-order valence-corrected chi connectivity index (χ1v) is 24.4. The molecule has 0 bridgehead atoms. The van der Waals surface area contributed by atoms with Crippen molar-refractivity contribution in [3.8, 4) is 72.9 Å². The molecular formula is C68H54N2O2. The number of hydrogen-bond acceptors (Lipinski definition) is 4. The lowest BCUT2D eigenvalue weighted by Crippen LogP contribution is -2.06. The van der Waals surface area contributed by atoms with Gasteiger partial charge in [0, 0.05) is 27.5 Å². The zero-order valence-electron chi connectivity index (χ0n) is 40.8. The van der Waals surface area contributed by atoms with Crippen molar-refractivity contribution in [2.75, 3.05) is 0 Å². The Kier molecular flexibility index (Phi) is 13.8. The van der Waals surface area contributed by atoms with E-state index in [1.165, 1.54) is 33.4 Å². The monoisotopic (exact) mass is 930 g/mol. The molecular weight excluding hydrogens is 877 g/mol. The lowest BCUT2D eigenvalue weighted by molar-refractivity contribution is 0.508. The van der Waals surface area contributed by atoms with Crippen LogP contribution >= 0.6 is 0 Å². The van der Waals surface area contributed by atoms with Crippen LogP contribution in [0.4, 0.5) is 0 Å². The van der Waals surface area contributed by atoms with Gasteiger partial charge in [0.05, 0.1) is 5.69 Å².